The van der Waals surface area contributed by atoms with Gasteiger partial charge < -0.3 is 5.11 Å². The van der Waals surface area contributed by atoms with Gasteiger partial charge in [0.05, 0.1) is 11.6 Å². The molecular formula is C16H19FN2O2. The number of rotatable bonds is 6. The number of carboxylic acids is 1. The molecule has 0 aliphatic carbocycles. The van der Waals surface area contributed by atoms with Crippen molar-refractivity contribution in [3.8, 4) is 0 Å². The van der Waals surface area contributed by atoms with Crippen LogP contribution in [0.15, 0.2) is 36.5 Å². The van der Waals surface area contributed by atoms with E-state index in [1.807, 2.05) is 26.1 Å². The molecule has 0 saturated heterocycles. The van der Waals surface area contributed by atoms with E-state index >= 15 is 0 Å². The molecule has 0 fully saturated rings. The van der Waals surface area contributed by atoms with E-state index in [1.54, 1.807) is 16.8 Å². The predicted octanol–water partition coefficient (Wildman–Crippen LogP) is 3.09. The summed E-state index contributed by atoms with van der Waals surface area (Å²) in [5, 5.41) is 13.7. The molecule has 1 aromatic heterocycles. The zero-order valence-electron chi connectivity index (χ0n) is 12.2. The average molecular weight is 290 g/mol. The fourth-order valence-electron chi connectivity index (χ4n) is 2.22. The summed E-state index contributed by atoms with van der Waals surface area (Å²) in [5.41, 5.74) is 1.43. The van der Waals surface area contributed by atoms with Gasteiger partial charge in [-0.25, -0.2) is 4.39 Å². The summed E-state index contributed by atoms with van der Waals surface area (Å²) in [7, 11) is 0. The molecule has 1 unspecified atom stereocenters. The van der Waals surface area contributed by atoms with Crippen molar-refractivity contribution in [2.75, 3.05) is 0 Å². The maximum atomic E-state index is 13.2. The van der Waals surface area contributed by atoms with Crippen molar-refractivity contribution in [2.45, 2.75) is 32.7 Å². The second-order valence-corrected chi connectivity index (χ2v) is 5.45. The number of hydrogen-bond donors (Lipinski definition) is 1. The molecule has 4 nitrogen and oxygen atoms in total. The minimum absolute atomic E-state index is 0.241. The largest absolute Gasteiger partial charge is 0.481 e. The van der Waals surface area contributed by atoms with Crippen LogP contribution in [0.2, 0.25) is 0 Å². The SMILES string of the molecule is CC(C)n1ccc(CC(Cc2cccc(F)c2)C(=O)O)n1. The molecule has 1 atom stereocenters. The average Bonchev–Trinajstić information content (AvgIpc) is 2.86. The summed E-state index contributed by atoms with van der Waals surface area (Å²) in [6.45, 7) is 4.02. The highest BCUT2D eigenvalue weighted by molar-refractivity contribution is 5.70. The van der Waals surface area contributed by atoms with E-state index in [0.29, 0.717) is 18.4 Å². The molecule has 1 heterocycles. The molecule has 112 valence electrons. The van der Waals surface area contributed by atoms with Gasteiger partial charge in [-0.2, -0.15) is 5.10 Å². The van der Waals surface area contributed by atoms with Gasteiger partial charge in [-0.1, -0.05) is 12.1 Å². The van der Waals surface area contributed by atoms with Gasteiger partial charge in [0.25, 0.3) is 0 Å². The van der Waals surface area contributed by atoms with Crippen molar-refractivity contribution in [3.63, 3.8) is 0 Å². The lowest BCUT2D eigenvalue weighted by Gasteiger charge is -2.11. The topological polar surface area (TPSA) is 55.1 Å². The number of halogens is 1. The molecule has 0 amide bonds. The molecule has 0 saturated carbocycles. The van der Waals surface area contributed by atoms with Crippen molar-refractivity contribution >= 4 is 5.97 Å². The summed E-state index contributed by atoms with van der Waals surface area (Å²) < 4.78 is 15.0. The normalized spacial score (nSPS) is 12.6. The molecule has 0 bridgehead atoms. The van der Waals surface area contributed by atoms with E-state index in [9.17, 15) is 14.3 Å². The van der Waals surface area contributed by atoms with Gasteiger partial charge in [0.15, 0.2) is 0 Å². The highest BCUT2D eigenvalue weighted by Gasteiger charge is 2.20. The molecule has 5 heteroatoms. The Hall–Kier alpha value is -2.17. The van der Waals surface area contributed by atoms with Crippen LogP contribution in [0.4, 0.5) is 4.39 Å². The second kappa shape index (κ2) is 6.52. The molecule has 2 aromatic rings. The van der Waals surface area contributed by atoms with Crippen LogP contribution in [0.5, 0.6) is 0 Å². The Morgan fingerprint density at radius 3 is 2.67 bits per heavy atom. The van der Waals surface area contributed by atoms with Crippen molar-refractivity contribution in [1.82, 2.24) is 9.78 Å². The van der Waals surface area contributed by atoms with Crippen LogP contribution < -0.4 is 0 Å². The van der Waals surface area contributed by atoms with Gasteiger partial charge in [0, 0.05) is 18.7 Å². The summed E-state index contributed by atoms with van der Waals surface area (Å²) in [6.07, 6.45) is 2.48. The fourth-order valence-corrected chi connectivity index (χ4v) is 2.22. The van der Waals surface area contributed by atoms with E-state index in [1.165, 1.54) is 12.1 Å². The molecule has 1 aromatic carbocycles. The number of carbonyl (C=O) groups is 1. The molecular weight excluding hydrogens is 271 g/mol. The number of benzene rings is 1. The quantitative estimate of drug-likeness (QED) is 0.889. The monoisotopic (exact) mass is 290 g/mol. The number of hydrogen-bond acceptors (Lipinski definition) is 2. The van der Waals surface area contributed by atoms with E-state index < -0.39 is 11.9 Å². The molecule has 0 aliphatic heterocycles. The Morgan fingerprint density at radius 2 is 2.10 bits per heavy atom. The zero-order valence-corrected chi connectivity index (χ0v) is 12.2. The Morgan fingerprint density at radius 1 is 1.33 bits per heavy atom. The lowest BCUT2D eigenvalue weighted by molar-refractivity contribution is -0.141. The van der Waals surface area contributed by atoms with Crippen LogP contribution >= 0.6 is 0 Å². The van der Waals surface area contributed by atoms with E-state index in [4.69, 9.17) is 0 Å². The van der Waals surface area contributed by atoms with Gasteiger partial charge >= 0.3 is 5.97 Å². The van der Waals surface area contributed by atoms with Crippen molar-refractivity contribution < 1.29 is 14.3 Å². The lowest BCUT2D eigenvalue weighted by atomic mass is 9.95. The lowest BCUT2D eigenvalue weighted by Crippen LogP contribution is -2.19. The number of aromatic nitrogens is 2. The summed E-state index contributed by atoms with van der Waals surface area (Å²) in [4.78, 5) is 11.4. The van der Waals surface area contributed by atoms with E-state index in [0.717, 1.165) is 5.69 Å². The standard InChI is InChI=1S/C16H19FN2O2/c1-11(2)19-7-6-15(18-19)10-13(16(20)21)8-12-4-3-5-14(17)9-12/h3-7,9,11,13H,8,10H2,1-2H3,(H,20,21). The summed E-state index contributed by atoms with van der Waals surface area (Å²) in [6, 6.07) is 8.14. The first-order valence-corrected chi connectivity index (χ1v) is 6.97. The van der Waals surface area contributed by atoms with Gasteiger partial charge in [-0.3, -0.25) is 9.48 Å². The van der Waals surface area contributed by atoms with E-state index in [2.05, 4.69) is 5.10 Å². The number of nitrogens with zero attached hydrogens (tertiary/aromatic N) is 2. The third-order valence-electron chi connectivity index (χ3n) is 3.37. The molecule has 0 radical (unpaired) electrons. The highest BCUT2D eigenvalue weighted by Crippen LogP contribution is 2.16. The fraction of sp³-hybridized carbons (Fsp3) is 0.375. The second-order valence-electron chi connectivity index (χ2n) is 5.45. The van der Waals surface area contributed by atoms with Gasteiger partial charge in [0.1, 0.15) is 5.82 Å². The van der Waals surface area contributed by atoms with Crippen LogP contribution in [0.3, 0.4) is 0 Å². The maximum Gasteiger partial charge on any atom is 0.307 e. The Balaban J connectivity index is 2.10. The zero-order chi connectivity index (χ0) is 15.4. The first-order valence-electron chi connectivity index (χ1n) is 6.97. The van der Waals surface area contributed by atoms with Crippen LogP contribution in [0, 0.1) is 11.7 Å². The minimum atomic E-state index is -0.890. The maximum absolute atomic E-state index is 13.2. The smallest absolute Gasteiger partial charge is 0.307 e. The van der Waals surface area contributed by atoms with Crippen LogP contribution in [-0.4, -0.2) is 20.9 Å². The Bertz CT molecular complexity index is 622. The van der Waals surface area contributed by atoms with Crippen LogP contribution in [0.25, 0.3) is 0 Å². The van der Waals surface area contributed by atoms with Crippen LogP contribution in [-0.2, 0) is 17.6 Å². The summed E-state index contributed by atoms with van der Waals surface area (Å²) >= 11 is 0. The summed E-state index contributed by atoms with van der Waals surface area (Å²) in [5.74, 6) is -1.85. The Labute approximate surface area is 123 Å². The first-order chi connectivity index (χ1) is 9.95. The van der Waals surface area contributed by atoms with Crippen LogP contribution in [0.1, 0.15) is 31.1 Å². The predicted molar refractivity (Wildman–Crippen MR) is 77.5 cm³/mol. The number of carboxylic acid groups (broad SMARTS) is 1. The van der Waals surface area contributed by atoms with E-state index in [-0.39, 0.29) is 11.9 Å². The molecule has 0 spiro atoms. The Kier molecular flexibility index (Phi) is 4.73. The van der Waals surface area contributed by atoms with Gasteiger partial charge in [-0.15, -0.1) is 0 Å². The van der Waals surface area contributed by atoms with Gasteiger partial charge in [-0.05, 0) is 44.0 Å². The molecule has 21 heavy (non-hydrogen) atoms. The molecule has 0 aliphatic rings. The third-order valence-corrected chi connectivity index (χ3v) is 3.37. The van der Waals surface area contributed by atoms with Crippen molar-refractivity contribution in [1.29, 1.82) is 0 Å². The number of aliphatic carboxylic acids is 1. The highest BCUT2D eigenvalue weighted by atomic mass is 19.1. The molecule has 2 rings (SSSR count). The minimum Gasteiger partial charge on any atom is -0.481 e. The third kappa shape index (κ3) is 4.15. The van der Waals surface area contributed by atoms with Gasteiger partial charge in [0.2, 0.25) is 0 Å². The van der Waals surface area contributed by atoms with Crippen molar-refractivity contribution in [3.05, 3.63) is 53.6 Å². The molecule has 1 N–H and O–H groups in total. The first kappa shape index (κ1) is 15.2. The van der Waals surface area contributed by atoms with Crippen molar-refractivity contribution in [2.24, 2.45) is 5.92 Å².